The van der Waals surface area contributed by atoms with E-state index in [4.69, 9.17) is 0 Å². The molecule has 0 radical (unpaired) electrons. The molecule has 0 aromatic heterocycles. The number of nitrogens with one attached hydrogen (secondary N) is 1. The van der Waals surface area contributed by atoms with Crippen molar-refractivity contribution in [3.05, 3.63) is 0 Å². The van der Waals surface area contributed by atoms with Crippen molar-refractivity contribution in [1.82, 2.24) is 15.1 Å². The van der Waals surface area contributed by atoms with Crippen LogP contribution >= 0.6 is 0 Å². The molecule has 2 heterocycles. The van der Waals surface area contributed by atoms with Crippen molar-refractivity contribution in [2.45, 2.75) is 70.0 Å². The molecule has 2 atom stereocenters. The average Bonchev–Trinajstić information content (AvgIpc) is 3.08. The smallest absolute Gasteiger partial charge is 0.247 e. The lowest BCUT2D eigenvalue weighted by molar-refractivity contribution is -0.141. The second-order valence-corrected chi connectivity index (χ2v) is 6.70. The number of likely N-dealkylation sites (tertiary alicyclic amines) is 2. The highest BCUT2D eigenvalue weighted by molar-refractivity contribution is 6.05. The van der Waals surface area contributed by atoms with E-state index in [1.54, 1.807) is 4.90 Å². The third-order valence-corrected chi connectivity index (χ3v) is 5.26. The van der Waals surface area contributed by atoms with E-state index in [1.807, 2.05) is 0 Å². The molecule has 2 amide bonds. The maximum absolute atomic E-state index is 12.6. The number of imide groups is 1. The molecule has 5 nitrogen and oxygen atoms in total. The Hall–Kier alpha value is -0.940. The molecule has 2 aliphatic heterocycles. The lowest BCUT2D eigenvalue weighted by Gasteiger charge is -2.33. The van der Waals surface area contributed by atoms with Gasteiger partial charge in [-0.15, -0.1) is 0 Å². The first-order valence-corrected chi connectivity index (χ1v) is 8.53. The molecule has 1 saturated carbocycles. The van der Waals surface area contributed by atoms with Crippen LogP contribution in [0.25, 0.3) is 0 Å². The van der Waals surface area contributed by atoms with Gasteiger partial charge >= 0.3 is 0 Å². The monoisotopic (exact) mass is 293 g/mol. The van der Waals surface area contributed by atoms with Crippen LogP contribution in [0.3, 0.4) is 0 Å². The molecule has 118 valence electrons. The van der Waals surface area contributed by atoms with Gasteiger partial charge in [-0.2, -0.15) is 0 Å². The molecular formula is C16H27N3O2. The predicted octanol–water partition coefficient (Wildman–Crippen LogP) is 1.13. The van der Waals surface area contributed by atoms with Crippen LogP contribution in [0.15, 0.2) is 0 Å². The fourth-order valence-corrected chi connectivity index (χ4v) is 4.09. The van der Waals surface area contributed by atoms with Gasteiger partial charge in [0, 0.05) is 18.6 Å². The summed E-state index contributed by atoms with van der Waals surface area (Å²) in [6.45, 7) is 5.39. The summed E-state index contributed by atoms with van der Waals surface area (Å²) in [7, 11) is 0. The standard InChI is InChI=1S/C16H27N3O2/c1-2-18-9-5-6-12(11-18)17-14-10-15(20)19(16(14)21)13-7-3-4-8-13/h12-14,17H,2-11H2,1H3. The van der Waals surface area contributed by atoms with Crippen molar-refractivity contribution < 1.29 is 9.59 Å². The summed E-state index contributed by atoms with van der Waals surface area (Å²) in [5.74, 6) is 0.0630. The third kappa shape index (κ3) is 3.14. The van der Waals surface area contributed by atoms with Gasteiger partial charge in [0.1, 0.15) is 0 Å². The molecule has 2 unspecified atom stereocenters. The minimum Gasteiger partial charge on any atom is -0.302 e. The lowest BCUT2D eigenvalue weighted by atomic mass is 10.0. The second-order valence-electron chi connectivity index (χ2n) is 6.70. The van der Waals surface area contributed by atoms with Crippen LogP contribution in [-0.4, -0.2) is 59.4 Å². The van der Waals surface area contributed by atoms with Crippen molar-refractivity contribution in [2.24, 2.45) is 0 Å². The summed E-state index contributed by atoms with van der Waals surface area (Å²) in [6.07, 6.45) is 6.93. The van der Waals surface area contributed by atoms with E-state index in [0.717, 1.165) is 51.7 Å². The minimum absolute atomic E-state index is 0.0283. The number of rotatable bonds is 4. The van der Waals surface area contributed by atoms with Crippen LogP contribution < -0.4 is 5.32 Å². The van der Waals surface area contributed by atoms with Gasteiger partial charge in [0.05, 0.1) is 12.5 Å². The number of hydrogen-bond acceptors (Lipinski definition) is 4. The Bertz CT molecular complexity index is 406. The highest BCUT2D eigenvalue weighted by Gasteiger charge is 2.43. The third-order valence-electron chi connectivity index (χ3n) is 5.26. The predicted molar refractivity (Wildman–Crippen MR) is 80.8 cm³/mol. The molecule has 0 aromatic carbocycles. The highest BCUT2D eigenvalue weighted by Crippen LogP contribution is 2.28. The number of nitrogens with zero attached hydrogens (tertiary/aromatic N) is 2. The van der Waals surface area contributed by atoms with Crippen LogP contribution in [0, 0.1) is 0 Å². The zero-order valence-electron chi connectivity index (χ0n) is 13.0. The first-order valence-electron chi connectivity index (χ1n) is 8.53. The fourth-order valence-electron chi connectivity index (χ4n) is 4.09. The summed E-state index contributed by atoms with van der Waals surface area (Å²) < 4.78 is 0. The molecule has 3 aliphatic rings. The van der Waals surface area contributed by atoms with Gasteiger partial charge in [-0.3, -0.25) is 14.5 Å². The van der Waals surface area contributed by atoms with Crippen molar-refractivity contribution >= 4 is 11.8 Å². The van der Waals surface area contributed by atoms with E-state index in [0.29, 0.717) is 12.5 Å². The van der Waals surface area contributed by atoms with E-state index in [-0.39, 0.29) is 23.9 Å². The van der Waals surface area contributed by atoms with Gasteiger partial charge in [0.2, 0.25) is 11.8 Å². The van der Waals surface area contributed by atoms with Crippen molar-refractivity contribution in [3.63, 3.8) is 0 Å². The Kier molecular flexibility index (Phi) is 4.60. The fraction of sp³-hybridized carbons (Fsp3) is 0.875. The Balaban J connectivity index is 1.59. The minimum atomic E-state index is -0.278. The van der Waals surface area contributed by atoms with Gasteiger partial charge in [0.15, 0.2) is 0 Å². The molecule has 2 saturated heterocycles. The van der Waals surface area contributed by atoms with Crippen LogP contribution in [0.1, 0.15) is 51.9 Å². The largest absolute Gasteiger partial charge is 0.302 e. The summed E-state index contributed by atoms with van der Waals surface area (Å²) in [4.78, 5) is 28.7. The maximum Gasteiger partial charge on any atom is 0.247 e. The van der Waals surface area contributed by atoms with E-state index in [9.17, 15) is 9.59 Å². The normalized spacial score (nSPS) is 32.3. The first-order chi connectivity index (χ1) is 10.2. The molecule has 0 bridgehead atoms. The quantitative estimate of drug-likeness (QED) is 0.790. The van der Waals surface area contributed by atoms with E-state index in [2.05, 4.69) is 17.1 Å². The van der Waals surface area contributed by atoms with Gasteiger partial charge < -0.3 is 10.2 Å². The van der Waals surface area contributed by atoms with Crippen LogP contribution in [0.2, 0.25) is 0 Å². The van der Waals surface area contributed by atoms with Crippen molar-refractivity contribution in [2.75, 3.05) is 19.6 Å². The molecule has 5 heteroatoms. The number of likely N-dealkylation sites (N-methyl/N-ethyl adjacent to an activating group) is 1. The number of amides is 2. The summed E-state index contributed by atoms with van der Waals surface area (Å²) in [5.41, 5.74) is 0. The van der Waals surface area contributed by atoms with Gasteiger partial charge in [0.25, 0.3) is 0 Å². The van der Waals surface area contributed by atoms with Crippen LogP contribution in [0.4, 0.5) is 0 Å². The lowest BCUT2D eigenvalue weighted by Crippen LogP contribution is -2.51. The molecule has 1 N–H and O–H groups in total. The van der Waals surface area contributed by atoms with Gasteiger partial charge in [-0.25, -0.2) is 0 Å². The number of hydrogen-bond donors (Lipinski definition) is 1. The number of carbonyl (C=O) groups excluding carboxylic acids is 2. The molecule has 21 heavy (non-hydrogen) atoms. The SMILES string of the molecule is CCN1CCCC(NC2CC(=O)N(C3CCCC3)C2=O)C1. The topological polar surface area (TPSA) is 52.7 Å². The van der Waals surface area contributed by atoms with Crippen LogP contribution in [0.5, 0.6) is 0 Å². The first kappa shape index (κ1) is 15.0. The molecule has 3 fully saturated rings. The molecule has 1 aliphatic carbocycles. The number of piperidine rings is 1. The Morgan fingerprint density at radius 2 is 1.90 bits per heavy atom. The van der Waals surface area contributed by atoms with Crippen molar-refractivity contribution in [1.29, 1.82) is 0 Å². The van der Waals surface area contributed by atoms with Crippen molar-refractivity contribution in [3.8, 4) is 0 Å². The molecule has 0 spiro atoms. The second kappa shape index (κ2) is 6.44. The Morgan fingerprint density at radius 1 is 1.14 bits per heavy atom. The van der Waals surface area contributed by atoms with E-state index >= 15 is 0 Å². The molecule has 0 aromatic rings. The zero-order valence-corrected chi connectivity index (χ0v) is 13.0. The van der Waals surface area contributed by atoms with E-state index in [1.165, 1.54) is 6.42 Å². The van der Waals surface area contributed by atoms with Crippen LogP contribution in [-0.2, 0) is 9.59 Å². The maximum atomic E-state index is 12.6. The van der Waals surface area contributed by atoms with Gasteiger partial charge in [-0.05, 0) is 38.8 Å². The Labute approximate surface area is 127 Å². The average molecular weight is 293 g/mol. The molecule has 3 rings (SSSR count). The summed E-state index contributed by atoms with van der Waals surface area (Å²) >= 11 is 0. The molecular weight excluding hydrogens is 266 g/mol. The highest BCUT2D eigenvalue weighted by atomic mass is 16.2. The zero-order chi connectivity index (χ0) is 14.8. The summed E-state index contributed by atoms with van der Waals surface area (Å²) in [5, 5.41) is 3.46. The Morgan fingerprint density at radius 3 is 2.62 bits per heavy atom. The number of carbonyl (C=O) groups is 2. The van der Waals surface area contributed by atoms with Gasteiger partial charge in [-0.1, -0.05) is 19.8 Å². The van der Waals surface area contributed by atoms with E-state index < -0.39 is 0 Å². The summed E-state index contributed by atoms with van der Waals surface area (Å²) in [6, 6.07) is 0.249.